The van der Waals surface area contributed by atoms with E-state index in [1.54, 1.807) is 0 Å². The Labute approximate surface area is 127 Å². The molecule has 2 aliphatic carbocycles. The molecule has 0 amide bonds. The van der Waals surface area contributed by atoms with Crippen LogP contribution in [0.3, 0.4) is 0 Å². The van der Waals surface area contributed by atoms with Crippen LogP contribution >= 0.6 is 0 Å². The molecule has 0 saturated heterocycles. The summed E-state index contributed by atoms with van der Waals surface area (Å²) in [5, 5.41) is 12.6. The van der Waals surface area contributed by atoms with Gasteiger partial charge in [0.15, 0.2) is 0 Å². The average molecular weight is 286 g/mol. The highest BCUT2D eigenvalue weighted by atomic mass is 15.3. The van der Waals surface area contributed by atoms with Crippen molar-refractivity contribution in [3.05, 3.63) is 23.8 Å². The van der Waals surface area contributed by atoms with Gasteiger partial charge >= 0.3 is 0 Å². The highest BCUT2D eigenvalue weighted by Crippen LogP contribution is 2.43. The number of nitrogens with zero attached hydrogens (tertiary/aromatic N) is 3. The summed E-state index contributed by atoms with van der Waals surface area (Å²) in [7, 11) is 0. The molecule has 2 bridgehead atoms. The van der Waals surface area contributed by atoms with Gasteiger partial charge in [0.2, 0.25) is 0 Å². The van der Waals surface area contributed by atoms with Gasteiger partial charge in [-0.05, 0) is 56.9 Å². The Morgan fingerprint density at radius 3 is 3.00 bits per heavy atom. The van der Waals surface area contributed by atoms with Gasteiger partial charge in [0.1, 0.15) is 11.6 Å². The predicted octanol–water partition coefficient (Wildman–Crippen LogP) is 2.87. The molecule has 0 aromatic carbocycles. The minimum atomic E-state index is 0.312. The molecule has 0 radical (unpaired) electrons. The Bertz CT molecular complexity index is 533. The van der Waals surface area contributed by atoms with E-state index in [1.165, 1.54) is 37.9 Å². The van der Waals surface area contributed by atoms with E-state index in [4.69, 9.17) is 0 Å². The molecule has 114 valence electrons. The number of hydrogen-bond donors (Lipinski definition) is 1. The van der Waals surface area contributed by atoms with Crippen LogP contribution in [0.5, 0.6) is 0 Å². The molecule has 1 aliphatic heterocycles. The van der Waals surface area contributed by atoms with Crippen LogP contribution in [0.25, 0.3) is 0 Å². The van der Waals surface area contributed by atoms with E-state index in [9.17, 15) is 0 Å². The molecule has 1 N–H and O–H groups in total. The molecule has 1 aromatic heterocycles. The summed E-state index contributed by atoms with van der Waals surface area (Å²) in [5.41, 5.74) is 0. The number of hydrogen-bond acceptors (Lipinski definition) is 3. The van der Waals surface area contributed by atoms with E-state index in [2.05, 4.69) is 39.2 Å². The summed E-state index contributed by atoms with van der Waals surface area (Å²) >= 11 is 0. The van der Waals surface area contributed by atoms with Gasteiger partial charge < -0.3 is 9.88 Å². The van der Waals surface area contributed by atoms with Crippen molar-refractivity contribution in [2.45, 2.75) is 58.0 Å². The van der Waals surface area contributed by atoms with Gasteiger partial charge in [-0.3, -0.25) is 0 Å². The molecule has 4 rings (SSSR count). The van der Waals surface area contributed by atoms with Crippen LogP contribution in [-0.2, 0) is 13.0 Å². The topological polar surface area (TPSA) is 42.7 Å². The van der Waals surface area contributed by atoms with E-state index in [-0.39, 0.29) is 0 Å². The summed E-state index contributed by atoms with van der Waals surface area (Å²) in [6.07, 6.45) is 12.6. The molecule has 2 heterocycles. The monoisotopic (exact) mass is 286 g/mol. The summed E-state index contributed by atoms with van der Waals surface area (Å²) in [4.78, 5) is 0. The van der Waals surface area contributed by atoms with Crippen molar-refractivity contribution in [1.82, 2.24) is 20.1 Å². The molecule has 3 aliphatic rings. The lowest BCUT2D eigenvalue weighted by molar-refractivity contribution is 0.382. The SMILES string of the molecule is CC(NCC1CC2C=CC1C2)c1nnc2n1CCCCC2. The first kappa shape index (κ1) is 13.5. The summed E-state index contributed by atoms with van der Waals surface area (Å²) in [5.74, 6) is 4.85. The molecular formula is C17H26N4. The van der Waals surface area contributed by atoms with Crippen LogP contribution in [0.1, 0.15) is 56.7 Å². The van der Waals surface area contributed by atoms with Crippen molar-refractivity contribution in [1.29, 1.82) is 0 Å². The number of fused-ring (bicyclic) bond motifs is 3. The molecule has 4 heteroatoms. The molecule has 4 nitrogen and oxygen atoms in total. The van der Waals surface area contributed by atoms with Crippen molar-refractivity contribution in [3.8, 4) is 0 Å². The lowest BCUT2D eigenvalue weighted by atomic mass is 9.93. The minimum absolute atomic E-state index is 0.312. The Balaban J connectivity index is 1.40. The normalized spacial score (nSPS) is 32.1. The molecular weight excluding hydrogens is 260 g/mol. The van der Waals surface area contributed by atoms with Crippen LogP contribution < -0.4 is 5.32 Å². The smallest absolute Gasteiger partial charge is 0.149 e. The van der Waals surface area contributed by atoms with Crippen molar-refractivity contribution in [2.75, 3.05) is 6.54 Å². The van der Waals surface area contributed by atoms with E-state index in [0.29, 0.717) is 6.04 Å². The van der Waals surface area contributed by atoms with Crippen molar-refractivity contribution in [2.24, 2.45) is 17.8 Å². The van der Waals surface area contributed by atoms with Gasteiger partial charge in [-0.2, -0.15) is 0 Å². The largest absolute Gasteiger partial charge is 0.314 e. The maximum absolute atomic E-state index is 4.47. The number of aryl methyl sites for hydroxylation is 1. The first-order chi connectivity index (χ1) is 10.3. The standard InChI is InChI=1S/C17H26N4/c1-12(18-11-15-10-13-6-7-14(15)9-13)17-20-19-16-5-3-2-4-8-21(16)17/h6-7,12-15,18H,2-5,8-11H2,1H3. The Morgan fingerprint density at radius 2 is 2.19 bits per heavy atom. The zero-order valence-corrected chi connectivity index (χ0v) is 13.0. The summed E-state index contributed by atoms with van der Waals surface area (Å²) in [6.45, 7) is 4.46. The minimum Gasteiger partial charge on any atom is -0.314 e. The quantitative estimate of drug-likeness (QED) is 0.866. The van der Waals surface area contributed by atoms with Crippen molar-refractivity contribution < 1.29 is 0 Å². The van der Waals surface area contributed by atoms with Crippen LogP contribution in [0.4, 0.5) is 0 Å². The lowest BCUT2D eigenvalue weighted by Gasteiger charge is -2.22. The molecule has 1 saturated carbocycles. The summed E-state index contributed by atoms with van der Waals surface area (Å²) in [6, 6.07) is 0.312. The molecule has 4 unspecified atom stereocenters. The van der Waals surface area contributed by atoms with Gasteiger partial charge in [-0.1, -0.05) is 18.6 Å². The zero-order valence-electron chi connectivity index (χ0n) is 13.0. The van der Waals surface area contributed by atoms with Gasteiger partial charge in [-0.25, -0.2) is 0 Å². The van der Waals surface area contributed by atoms with E-state index < -0.39 is 0 Å². The molecule has 21 heavy (non-hydrogen) atoms. The van der Waals surface area contributed by atoms with E-state index >= 15 is 0 Å². The van der Waals surface area contributed by atoms with Gasteiger partial charge in [0.05, 0.1) is 6.04 Å². The fourth-order valence-corrected chi connectivity index (χ4v) is 4.38. The van der Waals surface area contributed by atoms with Gasteiger partial charge in [0, 0.05) is 13.0 Å². The van der Waals surface area contributed by atoms with Gasteiger partial charge in [-0.15, -0.1) is 10.2 Å². The highest BCUT2D eigenvalue weighted by molar-refractivity contribution is 5.10. The number of allylic oxidation sites excluding steroid dienone is 2. The Kier molecular flexibility index (Phi) is 3.57. The van der Waals surface area contributed by atoms with Crippen LogP contribution in [0.15, 0.2) is 12.2 Å². The number of aromatic nitrogens is 3. The Morgan fingerprint density at radius 1 is 1.24 bits per heavy atom. The fourth-order valence-electron chi connectivity index (χ4n) is 4.38. The molecule has 0 spiro atoms. The third-order valence-electron chi connectivity index (χ3n) is 5.63. The third kappa shape index (κ3) is 2.54. The lowest BCUT2D eigenvalue weighted by Crippen LogP contribution is -2.29. The Hall–Kier alpha value is -1.16. The second kappa shape index (κ2) is 5.56. The highest BCUT2D eigenvalue weighted by Gasteiger charge is 2.35. The van der Waals surface area contributed by atoms with E-state index in [1.807, 2.05) is 0 Å². The molecule has 4 atom stereocenters. The summed E-state index contributed by atoms with van der Waals surface area (Å²) < 4.78 is 2.37. The predicted molar refractivity (Wildman–Crippen MR) is 82.8 cm³/mol. The van der Waals surface area contributed by atoms with Crippen molar-refractivity contribution in [3.63, 3.8) is 0 Å². The first-order valence-electron chi connectivity index (χ1n) is 8.65. The zero-order chi connectivity index (χ0) is 14.2. The average Bonchev–Trinajstić information content (AvgIpc) is 3.17. The van der Waals surface area contributed by atoms with Gasteiger partial charge in [0.25, 0.3) is 0 Å². The van der Waals surface area contributed by atoms with Crippen LogP contribution in [-0.4, -0.2) is 21.3 Å². The van der Waals surface area contributed by atoms with E-state index in [0.717, 1.165) is 43.1 Å². The number of rotatable bonds is 4. The van der Waals surface area contributed by atoms with Crippen LogP contribution in [0, 0.1) is 17.8 Å². The maximum Gasteiger partial charge on any atom is 0.149 e. The number of nitrogens with one attached hydrogen (secondary N) is 1. The maximum atomic E-state index is 4.47. The van der Waals surface area contributed by atoms with Crippen molar-refractivity contribution >= 4 is 0 Å². The first-order valence-corrected chi connectivity index (χ1v) is 8.65. The fraction of sp³-hybridized carbons (Fsp3) is 0.765. The van der Waals surface area contributed by atoms with Crippen LogP contribution in [0.2, 0.25) is 0 Å². The second-order valence-corrected chi connectivity index (χ2v) is 7.11. The molecule has 1 aromatic rings. The molecule has 1 fully saturated rings. The second-order valence-electron chi connectivity index (χ2n) is 7.11. The third-order valence-corrected chi connectivity index (χ3v) is 5.63.